The molecular weight excluding hydrogens is 366 g/mol. The van der Waals surface area contributed by atoms with E-state index in [0.29, 0.717) is 48.7 Å². The number of hydrogen-bond donors (Lipinski definition) is 2. The predicted molar refractivity (Wildman–Crippen MR) is 116 cm³/mol. The zero-order chi connectivity index (χ0) is 20.8. The van der Waals surface area contributed by atoms with Crippen molar-refractivity contribution in [3.8, 4) is 0 Å². The summed E-state index contributed by atoms with van der Waals surface area (Å²) in [6.45, 7) is 5.52. The highest BCUT2D eigenvalue weighted by Gasteiger charge is 2.23. The van der Waals surface area contributed by atoms with E-state index >= 15 is 0 Å². The largest absolute Gasteiger partial charge is 0.387 e. The van der Waals surface area contributed by atoms with Crippen LogP contribution >= 0.6 is 0 Å². The molecule has 3 rings (SSSR count). The van der Waals surface area contributed by atoms with Crippen LogP contribution in [0.4, 0.5) is 5.69 Å². The van der Waals surface area contributed by atoms with Gasteiger partial charge in [-0.2, -0.15) is 0 Å². The summed E-state index contributed by atoms with van der Waals surface area (Å²) in [5.74, 6) is 0.382. The first kappa shape index (κ1) is 21.0. The predicted octanol–water partition coefficient (Wildman–Crippen LogP) is 2.29. The summed E-state index contributed by atoms with van der Waals surface area (Å²) < 4.78 is 0. The second kappa shape index (κ2) is 9.69. The van der Waals surface area contributed by atoms with Gasteiger partial charge in [0.1, 0.15) is 5.84 Å². The van der Waals surface area contributed by atoms with Crippen molar-refractivity contribution in [1.29, 1.82) is 0 Å². The van der Waals surface area contributed by atoms with Crippen molar-refractivity contribution in [2.75, 3.05) is 32.7 Å². The third-order valence-electron chi connectivity index (χ3n) is 5.32. The number of nitrogens with two attached hydrogens (primary N) is 2. The molecule has 7 heteroatoms. The van der Waals surface area contributed by atoms with Crippen molar-refractivity contribution in [2.45, 2.75) is 39.0 Å². The smallest absolute Gasteiger partial charge is 0.253 e. The van der Waals surface area contributed by atoms with Gasteiger partial charge in [-0.3, -0.25) is 9.59 Å². The van der Waals surface area contributed by atoms with E-state index in [-0.39, 0.29) is 11.8 Å². The minimum atomic E-state index is -0.0245. The minimum Gasteiger partial charge on any atom is -0.387 e. The number of amides is 2. The summed E-state index contributed by atoms with van der Waals surface area (Å²) >= 11 is 0. The fourth-order valence-corrected chi connectivity index (χ4v) is 3.83. The lowest BCUT2D eigenvalue weighted by atomic mass is 10.0. The quantitative estimate of drug-likeness (QED) is 0.736. The van der Waals surface area contributed by atoms with Gasteiger partial charge in [0.25, 0.3) is 5.91 Å². The molecule has 1 aromatic carbocycles. The number of amidine groups is 1. The number of aliphatic imine (C=N–C) groups is 1. The van der Waals surface area contributed by atoms with Gasteiger partial charge < -0.3 is 21.3 Å². The molecule has 0 saturated carbocycles. The van der Waals surface area contributed by atoms with Crippen molar-refractivity contribution in [2.24, 2.45) is 16.5 Å². The molecule has 0 aromatic heterocycles. The molecule has 1 fully saturated rings. The van der Waals surface area contributed by atoms with Crippen LogP contribution in [0.3, 0.4) is 0 Å². The maximum Gasteiger partial charge on any atom is 0.253 e. The van der Waals surface area contributed by atoms with E-state index in [4.69, 9.17) is 11.5 Å². The summed E-state index contributed by atoms with van der Waals surface area (Å²) in [5, 5.41) is 0. The molecule has 1 aromatic rings. The van der Waals surface area contributed by atoms with E-state index in [2.05, 4.69) is 4.99 Å². The first-order chi connectivity index (χ1) is 14.0. The summed E-state index contributed by atoms with van der Waals surface area (Å²) in [7, 11) is 0. The van der Waals surface area contributed by atoms with Gasteiger partial charge in [-0.15, -0.1) is 0 Å². The normalized spacial score (nSPS) is 16.0. The SMILES string of the molecule is CCCN(CCCN)C(=O)C1=Cc2ccc(C(=O)N3CCCC3)cc2N=C(N)C1. The Bertz CT molecular complexity index is 824. The van der Waals surface area contributed by atoms with Crippen molar-refractivity contribution >= 4 is 29.4 Å². The summed E-state index contributed by atoms with van der Waals surface area (Å²) in [6, 6.07) is 5.45. The molecule has 2 amide bonds. The number of fused-ring (bicyclic) bond motifs is 1. The number of carbonyl (C=O) groups excluding carboxylic acids is 2. The van der Waals surface area contributed by atoms with E-state index in [1.54, 1.807) is 6.07 Å². The third kappa shape index (κ3) is 5.03. The zero-order valence-corrected chi connectivity index (χ0v) is 17.2. The molecule has 29 heavy (non-hydrogen) atoms. The molecule has 0 radical (unpaired) electrons. The highest BCUT2D eigenvalue weighted by molar-refractivity contribution is 6.06. The lowest BCUT2D eigenvalue weighted by Gasteiger charge is -2.23. The van der Waals surface area contributed by atoms with Crippen LogP contribution in [-0.4, -0.2) is 60.2 Å². The Kier molecular flexibility index (Phi) is 7.04. The summed E-state index contributed by atoms with van der Waals surface area (Å²) in [6.07, 6.45) is 5.90. The molecule has 7 nitrogen and oxygen atoms in total. The Balaban J connectivity index is 1.87. The fraction of sp³-hybridized carbons (Fsp3) is 0.500. The van der Waals surface area contributed by atoms with E-state index in [1.165, 1.54) is 0 Å². The number of nitrogens with zero attached hydrogens (tertiary/aromatic N) is 3. The van der Waals surface area contributed by atoms with Crippen LogP contribution in [0.5, 0.6) is 0 Å². The van der Waals surface area contributed by atoms with Gasteiger partial charge in [-0.25, -0.2) is 4.99 Å². The van der Waals surface area contributed by atoms with Gasteiger partial charge in [0.05, 0.1) is 5.69 Å². The third-order valence-corrected chi connectivity index (χ3v) is 5.32. The summed E-state index contributed by atoms with van der Waals surface area (Å²) in [5.41, 5.74) is 14.4. The highest BCUT2D eigenvalue weighted by Crippen LogP contribution is 2.29. The molecule has 4 N–H and O–H groups in total. The van der Waals surface area contributed by atoms with Crippen molar-refractivity contribution < 1.29 is 9.59 Å². The Morgan fingerprint density at radius 3 is 2.66 bits per heavy atom. The Morgan fingerprint density at radius 1 is 1.21 bits per heavy atom. The standard InChI is InChI=1S/C22H31N5O2/c1-2-9-26(12-5-8-23)22(29)18-13-16-6-7-17(14-19(16)25-20(24)15-18)21(28)27-10-3-4-11-27/h6-7,13-14H,2-5,8-12,15,23H2,1H3,(H2,24,25). The number of carbonyl (C=O) groups is 2. The number of rotatable bonds is 7. The van der Waals surface area contributed by atoms with Crippen molar-refractivity contribution in [1.82, 2.24) is 9.80 Å². The van der Waals surface area contributed by atoms with E-state index in [9.17, 15) is 9.59 Å². The molecule has 1 saturated heterocycles. The first-order valence-corrected chi connectivity index (χ1v) is 10.5. The highest BCUT2D eigenvalue weighted by atomic mass is 16.2. The molecule has 0 atom stereocenters. The average molecular weight is 398 g/mol. The maximum atomic E-state index is 13.1. The number of benzene rings is 1. The average Bonchev–Trinajstić information content (AvgIpc) is 3.19. The van der Waals surface area contributed by atoms with Gasteiger partial charge in [0.2, 0.25) is 5.91 Å². The second-order valence-corrected chi connectivity index (χ2v) is 7.66. The first-order valence-electron chi connectivity index (χ1n) is 10.5. The van der Waals surface area contributed by atoms with Crippen molar-refractivity contribution in [3.05, 3.63) is 34.9 Å². The number of likely N-dealkylation sites (tertiary alicyclic amines) is 1. The topological polar surface area (TPSA) is 105 Å². The van der Waals surface area contributed by atoms with E-state index in [0.717, 1.165) is 44.3 Å². The molecule has 0 spiro atoms. The summed E-state index contributed by atoms with van der Waals surface area (Å²) in [4.78, 5) is 34.0. The molecule has 0 bridgehead atoms. The van der Waals surface area contributed by atoms with Crippen LogP contribution in [0.25, 0.3) is 6.08 Å². The van der Waals surface area contributed by atoms with Crippen LogP contribution < -0.4 is 11.5 Å². The van der Waals surface area contributed by atoms with Crippen molar-refractivity contribution in [3.63, 3.8) is 0 Å². The minimum absolute atomic E-state index is 0.0245. The van der Waals surface area contributed by atoms with Crippen LogP contribution in [0.15, 0.2) is 28.8 Å². The van der Waals surface area contributed by atoms with Gasteiger partial charge >= 0.3 is 0 Å². The molecule has 0 unspecified atom stereocenters. The van der Waals surface area contributed by atoms with Gasteiger partial charge in [0.15, 0.2) is 0 Å². The fourth-order valence-electron chi connectivity index (χ4n) is 3.83. The van der Waals surface area contributed by atoms with Crippen LogP contribution in [0.1, 0.15) is 54.9 Å². The van der Waals surface area contributed by atoms with Gasteiger partial charge in [-0.1, -0.05) is 13.0 Å². The van der Waals surface area contributed by atoms with Crippen LogP contribution in [-0.2, 0) is 4.79 Å². The zero-order valence-electron chi connectivity index (χ0n) is 17.2. The number of hydrogen-bond acceptors (Lipinski definition) is 5. The van der Waals surface area contributed by atoms with Crippen LogP contribution in [0.2, 0.25) is 0 Å². The second-order valence-electron chi connectivity index (χ2n) is 7.66. The molecule has 2 aliphatic heterocycles. The lowest BCUT2D eigenvalue weighted by Crippen LogP contribution is -2.35. The van der Waals surface area contributed by atoms with Gasteiger partial charge in [0, 0.05) is 49.3 Å². The molecule has 2 heterocycles. The Labute approximate surface area is 172 Å². The van der Waals surface area contributed by atoms with Crippen LogP contribution in [0, 0.1) is 0 Å². The molecular formula is C22H31N5O2. The Hall–Kier alpha value is -2.67. The molecule has 156 valence electrons. The molecule has 0 aliphatic carbocycles. The maximum absolute atomic E-state index is 13.1. The van der Waals surface area contributed by atoms with E-state index < -0.39 is 0 Å². The molecule has 2 aliphatic rings. The Morgan fingerprint density at radius 2 is 1.97 bits per heavy atom. The monoisotopic (exact) mass is 397 g/mol. The van der Waals surface area contributed by atoms with Gasteiger partial charge in [-0.05, 0) is 50.4 Å². The van der Waals surface area contributed by atoms with E-state index in [1.807, 2.05) is 34.9 Å². The lowest BCUT2D eigenvalue weighted by molar-refractivity contribution is -0.127.